The average Bonchev–Trinajstić information content (AvgIpc) is 2.43. The van der Waals surface area contributed by atoms with Crippen molar-refractivity contribution in [1.82, 2.24) is 5.32 Å². The van der Waals surface area contributed by atoms with Crippen LogP contribution in [0.25, 0.3) is 10.8 Å². The molecule has 20 heavy (non-hydrogen) atoms. The van der Waals surface area contributed by atoms with Gasteiger partial charge >= 0.3 is 0 Å². The van der Waals surface area contributed by atoms with E-state index >= 15 is 0 Å². The van der Waals surface area contributed by atoms with Gasteiger partial charge in [0.25, 0.3) is 5.91 Å². The number of nitrogens with one attached hydrogen (secondary N) is 1. The molecule has 0 saturated carbocycles. The molecular formula is C15H15BrN2OS. The number of carbonyl (C=O) groups excluding carboxylic acids is 1. The van der Waals surface area contributed by atoms with Crippen molar-refractivity contribution in [3.05, 3.63) is 46.4 Å². The zero-order valence-electron chi connectivity index (χ0n) is 11.0. The van der Waals surface area contributed by atoms with E-state index in [1.165, 1.54) is 0 Å². The predicted octanol–water partition coefficient (Wildman–Crippen LogP) is 3.25. The van der Waals surface area contributed by atoms with Gasteiger partial charge in [-0.25, -0.2) is 0 Å². The van der Waals surface area contributed by atoms with Crippen LogP contribution in [0, 0.1) is 5.92 Å². The zero-order valence-corrected chi connectivity index (χ0v) is 13.4. The second-order valence-corrected chi connectivity index (χ2v) is 6.11. The Morgan fingerprint density at radius 1 is 1.30 bits per heavy atom. The highest BCUT2D eigenvalue weighted by atomic mass is 79.9. The lowest BCUT2D eigenvalue weighted by atomic mass is 10.1. The number of nitrogens with two attached hydrogens (primary N) is 1. The summed E-state index contributed by atoms with van der Waals surface area (Å²) in [7, 11) is 0. The fourth-order valence-electron chi connectivity index (χ4n) is 1.81. The maximum absolute atomic E-state index is 12.1. The maximum Gasteiger partial charge on any atom is 0.251 e. The van der Waals surface area contributed by atoms with Gasteiger partial charge in [-0.2, -0.15) is 0 Å². The maximum atomic E-state index is 12.1. The molecule has 3 nitrogen and oxygen atoms in total. The Morgan fingerprint density at radius 3 is 2.65 bits per heavy atom. The second-order valence-electron chi connectivity index (χ2n) is 4.72. The van der Waals surface area contributed by atoms with Crippen LogP contribution in [0.3, 0.4) is 0 Å². The minimum atomic E-state index is -0.113. The first-order valence-corrected chi connectivity index (χ1v) is 7.44. The molecule has 0 aliphatic carbocycles. The van der Waals surface area contributed by atoms with E-state index in [9.17, 15) is 4.79 Å². The van der Waals surface area contributed by atoms with Crippen molar-refractivity contribution in [2.45, 2.75) is 6.92 Å². The number of rotatable bonds is 4. The van der Waals surface area contributed by atoms with Gasteiger partial charge < -0.3 is 11.1 Å². The van der Waals surface area contributed by atoms with Crippen LogP contribution in [0.4, 0.5) is 0 Å². The van der Waals surface area contributed by atoms with E-state index in [4.69, 9.17) is 18.0 Å². The summed E-state index contributed by atoms with van der Waals surface area (Å²) in [5, 5.41) is 4.96. The Balaban J connectivity index is 2.14. The summed E-state index contributed by atoms with van der Waals surface area (Å²) in [5.74, 6) is -0.122. The number of halogens is 1. The molecule has 2 aromatic carbocycles. The minimum Gasteiger partial charge on any atom is -0.393 e. The summed E-state index contributed by atoms with van der Waals surface area (Å²) in [6, 6.07) is 11.6. The molecule has 104 valence electrons. The first-order chi connectivity index (χ1) is 9.47. The van der Waals surface area contributed by atoms with Crippen molar-refractivity contribution in [3.8, 4) is 0 Å². The Hall–Kier alpha value is -1.46. The van der Waals surface area contributed by atoms with Gasteiger partial charge in [-0.15, -0.1) is 0 Å². The molecule has 2 aromatic rings. The second kappa shape index (κ2) is 6.33. The number of hydrogen-bond donors (Lipinski definition) is 2. The smallest absolute Gasteiger partial charge is 0.251 e. The number of carbonyl (C=O) groups is 1. The highest BCUT2D eigenvalue weighted by Crippen LogP contribution is 2.20. The number of benzene rings is 2. The average molecular weight is 351 g/mol. The molecule has 1 amide bonds. The van der Waals surface area contributed by atoms with Gasteiger partial charge in [-0.05, 0) is 35.0 Å². The van der Waals surface area contributed by atoms with Crippen molar-refractivity contribution >= 4 is 49.8 Å². The largest absolute Gasteiger partial charge is 0.393 e. The third kappa shape index (κ3) is 3.55. The lowest BCUT2D eigenvalue weighted by Crippen LogP contribution is -2.33. The summed E-state index contributed by atoms with van der Waals surface area (Å²) < 4.78 is 1.02. The predicted molar refractivity (Wildman–Crippen MR) is 89.9 cm³/mol. The van der Waals surface area contributed by atoms with Gasteiger partial charge in [0, 0.05) is 22.5 Å². The molecule has 0 bridgehead atoms. The molecule has 5 heteroatoms. The van der Waals surface area contributed by atoms with Gasteiger partial charge in [0.05, 0.1) is 4.99 Å². The summed E-state index contributed by atoms with van der Waals surface area (Å²) in [4.78, 5) is 12.5. The molecule has 0 radical (unpaired) electrons. The Bertz CT molecular complexity index is 672. The summed E-state index contributed by atoms with van der Waals surface area (Å²) >= 11 is 8.32. The quantitative estimate of drug-likeness (QED) is 0.832. The lowest BCUT2D eigenvalue weighted by molar-refractivity contribution is 0.0951. The normalized spacial score (nSPS) is 12.1. The van der Waals surface area contributed by atoms with Crippen LogP contribution < -0.4 is 11.1 Å². The van der Waals surface area contributed by atoms with Crippen molar-refractivity contribution in [2.24, 2.45) is 11.7 Å². The zero-order chi connectivity index (χ0) is 14.7. The van der Waals surface area contributed by atoms with Gasteiger partial charge in [-0.1, -0.05) is 47.2 Å². The highest BCUT2D eigenvalue weighted by molar-refractivity contribution is 9.10. The van der Waals surface area contributed by atoms with E-state index in [1.54, 1.807) is 0 Å². The van der Waals surface area contributed by atoms with Crippen LogP contribution in [-0.4, -0.2) is 17.4 Å². The van der Waals surface area contributed by atoms with E-state index in [0.717, 1.165) is 15.2 Å². The van der Waals surface area contributed by atoms with Gasteiger partial charge in [0.15, 0.2) is 0 Å². The number of thiocarbonyl (C=S) groups is 1. The first kappa shape index (κ1) is 14.9. The van der Waals surface area contributed by atoms with Crippen LogP contribution in [-0.2, 0) is 0 Å². The Labute approximate surface area is 131 Å². The SMILES string of the molecule is CC(CNC(=O)c1ccc2cc(Br)ccc2c1)C(N)=S. The molecule has 0 heterocycles. The molecule has 1 unspecified atom stereocenters. The van der Waals surface area contributed by atoms with E-state index in [1.807, 2.05) is 43.3 Å². The van der Waals surface area contributed by atoms with Gasteiger partial charge in [-0.3, -0.25) is 4.79 Å². The van der Waals surface area contributed by atoms with Crippen molar-refractivity contribution in [1.29, 1.82) is 0 Å². The fourth-order valence-corrected chi connectivity index (χ4v) is 2.27. The molecule has 3 N–H and O–H groups in total. The summed E-state index contributed by atoms with van der Waals surface area (Å²) in [5.41, 5.74) is 6.16. The monoisotopic (exact) mass is 350 g/mol. The lowest BCUT2D eigenvalue weighted by Gasteiger charge is -2.11. The third-order valence-corrected chi connectivity index (χ3v) is 4.01. The van der Waals surface area contributed by atoms with Crippen molar-refractivity contribution in [3.63, 3.8) is 0 Å². The number of amides is 1. The molecule has 0 aliphatic heterocycles. The molecule has 0 saturated heterocycles. The highest BCUT2D eigenvalue weighted by Gasteiger charge is 2.10. The van der Waals surface area contributed by atoms with Crippen molar-refractivity contribution < 1.29 is 4.79 Å². The molecule has 0 fully saturated rings. The van der Waals surface area contributed by atoms with Gasteiger partial charge in [0.2, 0.25) is 0 Å². The Kier molecular flexibility index (Phi) is 4.73. The third-order valence-electron chi connectivity index (χ3n) is 3.12. The standard InChI is InChI=1S/C15H15BrN2OS/c1-9(14(17)20)8-18-15(19)12-3-2-11-7-13(16)5-4-10(11)6-12/h2-7,9H,8H2,1H3,(H2,17,20)(H,18,19). The number of fused-ring (bicyclic) bond motifs is 1. The van der Waals surface area contributed by atoms with Crippen molar-refractivity contribution in [2.75, 3.05) is 6.54 Å². The van der Waals surface area contributed by atoms with Crippen LogP contribution >= 0.6 is 28.1 Å². The van der Waals surface area contributed by atoms with Crippen LogP contribution in [0.1, 0.15) is 17.3 Å². The van der Waals surface area contributed by atoms with Crippen LogP contribution in [0.2, 0.25) is 0 Å². The minimum absolute atomic E-state index is 0.00892. The van der Waals surface area contributed by atoms with Crippen LogP contribution in [0.5, 0.6) is 0 Å². The summed E-state index contributed by atoms with van der Waals surface area (Å²) in [6.45, 7) is 2.34. The molecular weight excluding hydrogens is 336 g/mol. The van der Waals surface area contributed by atoms with E-state index in [0.29, 0.717) is 17.1 Å². The fraction of sp³-hybridized carbons (Fsp3) is 0.200. The first-order valence-electron chi connectivity index (χ1n) is 6.24. The Morgan fingerprint density at radius 2 is 1.95 bits per heavy atom. The van der Waals surface area contributed by atoms with Gasteiger partial charge in [0.1, 0.15) is 0 Å². The molecule has 2 rings (SSSR count). The number of hydrogen-bond acceptors (Lipinski definition) is 2. The molecule has 0 spiro atoms. The van der Waals surface area contributed by atoms with E-state index in [2.05, 4.69) is 21.2 Å². The topological polar surface area (TPSA) is 55.1 Å². The molecule has 1 atom stereocenters. The van der Waals surface area contributed by atoms with Crippen LogP contribution in [0.15, 0.2) is 40.9 Å². The molecule has 0 aliphatic rings. The van der Waals surface area contributed by atoms with E-state index < -0.39 is 0 Å². The molecule has 0 aromatic heterocycles. The summed E-state index contributed by atoms with van der Waals surface area (Å²) in [6.07, 6.45) is 0. The van der Waals surface area contributed by atoms with E-state index in [-0.39, 0.29) is 11.8 Å².